The van der Waals surface area contributed by atoms with Gasteiger partial charge in [-0.2, -0.15) is 0 Å². The Hall–Kier alpha value is -3.80. The van der Waals surface area contributed by atoms with Crippen LogP contribution in [-0.4, -0.2) is 69.6 Å². The number of nitrogens with two attached hydrogens (primary N) is 2. The summed E-state index contributed by atoms with van der Waals surface area (Å²) in [6.07, 6.45) is 2.43. The lowest BCUT2D eigenvalue weighted by Gasteiger charge is -2.17. The molecule has 1 heterocycles. The van der Waals surface area contributed by atoms with Crippen molar-refractivity contribution >= 4 is 23.7 Å². The van der Waals surface area contributed by atoms with E-state index in [2.05, 4.69) is 10.6 Å². The molecule has 12 heteroatoms. The predicted molar refractivity (Wildman–Crippen MR) is 115 cm³/mol. The molecule has 0 bridgehead atoms. The normalized spacial score (nSPS) is 14.9. The van der Waals surface area contributed by atoms with E-state index in [1.165, 1.54) is 6.07 Å². The molecule has 0 saturated heterocycles. The highest BCUT2D eigenvalue weighted by molar-refractivity contribution is 5.85. The molecule has 2 amide bonds. The number of guanidine groups is 1. The number of phenolic OH excluding ortho intramolecular Hbond substituents is 2. The Morgan fingerprint density at radius 1 is 1.22 bits per heavy atom. The molecular formula is C20H28N6O6. The Morgan fingerprint density at radius 2 is 1.94 bits per heavy atom. The third-order valence-corrected chi connectivity index (χ3v) is 4.92. The summed E-state index contributed by atoms with van der Waals surface area (Å²) in [5.74, 6) is -3.20. The van der Waals surface area contributed by atoms with Gasteiger partial charge in [0.25, 0.3) is 0 Å². The second-order valence-corrected chi connectivity index (χ2v) is 7.42. The number of rotatable bonds is 10. The van der Waals surface area contributed by atoms with E-state index < -0.39 is 35.5 Å². The van der Waals surface area contributed by atoms with E-state index in [1.54, 1.807) is 4.90 Å². The molecule has 0 spiro atoms. The van der Waals surface area contributed by atoms with E-state index in [-0.39, 0.29) is 36.8 Å². The van der Waals surface area contributed by atoms with Gasteiger partial charge >= 0.3 is 5.97 Å². The zero-order valence-corrected chi connectivity index (χ0v) is 17.4. The van der Waals surface area contributed by atoms with Crippen LogP contribution in [0, 0.1) is 5.41 Å². The first-order valence-electron chi connectivity index (χ1n) is 9.92. The summed E-state index contributed by atoms with van der Waals surface area (Å²) in [4.78, 5) is 37.4. The number of amides is 2. The number of carbonyl (C=O) groups excluding carboxylic acids is 2. The number of nitrogens with zero attached hydrogens (tertiary/aromatic N) is 1. The second kappa shape index (κ2) is 11.0. The Labute approximate surface area is 184 Å². The highest BCUT2D eigenvalue weighted by Gasteiger charge is 2.23. The molecule has 0 aliphatic carbocycles. The number of aliphatic carboxylic acids is 1. The van der Waals surface area contributed by atoms with Crippen molar-refractivity contribution in [3.63, 3.8) is 0 Å². The van der Waals surface area contributed by atoms with Crippen molar-refractivity contribution in [3.8, 4) is 11.5 Å². The van der Waals surface area contributed by atoms with Gasteiger partial charge in [0.15, 0.2) is 23.5 Å². The average Bonchev–Trinajstić information content (AvgIpc) is 3.20. The largest absolute Gasteiger partial charge is 0.504 e. The number of hydrogen-bond donors (Lipinski definition) is 8. The monoisotopic (exact) mass is 448 g/mol. The second-order valence-electron chi connectivity index (χ2n) is 7.42. The summed E-state index contributed by atoms with van der Waals surface area (Å²) in [7, 11) is 0. The van der Waals surface area contributed by atoms with Crippen LogP contribution in [0.3, 0.4) is 0 Å². The van der Waals surface area contributed by atoms with Gasteiger partial charge in [0.2, 0.25) is 11.8 Å². The maximum atomic E-state index is 12.1. The zero-order valence-electron chi connectivity index (χ0n) is 17.4. The fraction of sp³-hybridized carbons (Fsp3) is 0.400. The number of aromatic hydroxyl groups is 2. The lowest BCUT2D eigenvalue weighted by atomic mass is 10.1. The van der Waals surface area contributed by atoms with E-state index in [1.807, 2.05) is 6.08 Å². The van der Waals surface area contributed by atoms with Crippen LogP contribution < -0.4 is 22.1 Å². The molecule has 12 nitrogen and oxygen atoms in total. The number of hydrogen-bond acceptors (Lipinski definition) is 7. The van der Waals surface area contributed by atoms with Crippen LogP contribution in [0.4, 0.5) is 0 Å². The molecule has 2 atom stereocenters. The number of benzene rings is 1. The zero-order chi connectivity index (χ0) is 23.8. The van der Waals surface area contributed by atoms with Crippen LogP contribution in [0.25, 0.3) is 0 Å². The molecule has 0 aromatic heterocycles. The SMILES string of the molecule is N=C(N)N1CC=C(CC(N)C(=O)NCCCC(=O)NC(C(=O)O)c2ccc(O)c(O)c2)C1. The molecule has 10 N–H and O–H groups in total. The van der Waals surface area contributed by atoms with Crippen molar-refractivity contribution in [1.82, 2.24) is 15.5 Å². The first kappa shape index (κ1) is 24.5. The average molecular weight is 448 g/mol. The van der Waals surface area contributed by atoms with Gasteiger partial charge in [-0.15, -0.1) is 0 Å². The van der Waals surface area contributed by atoms with Crippen LogP contribution in [0.1, 0.15) is 30.9 Å². The molecule has 32 heavy (non-hydrogen) atoms. The minimum absolute atomic E-state index is 0.0396. The van der Waals surface area contributed by atoms with E-state index in [9.17, 15) is 29.7 Å². The highest BCUT2D eigenvalue weighted by Crippen LogP contribution is 2.28. The lowest BCUT2D eigenvalue weighted by Crippen LogP contribution is -2.42. The smallest absolute Gasteiger partial charge is 0.330 e. The Balaban J connectivity index is 1.73. The standard InChI is InChI=1S/C20H28N6O6/c21-13(8-11-5-7-26(10-11)20(22)23)18(30)24-6-1-2-16(29)25-17(19(31)32)12-3-4-14(27)15(28)9-12/h3-5,9,13,17,27-28H,1-2,6-8,10,21H2,(H3,22,23)(H,24,30)(H,25,29)(H,31,32). The topological polar surface area (TPSA) is 215 Å². The van der Waals surface area contributed by atoms with Gasteiger partial charge in [-0.25, -0.2) is 4.79 Å². The summed E-state index contributed by atoms with van der Waals surface area (Å²) in [6.45, 7) is 1.14. The van der Waals surface area contributed by atoms with Crippen molar-refractivity contribution in [2.45, 2.75) is 31.3 Å². The van der Waals surface area contributed by atoms with Crippen molar-refractivity contribution in [2.75, 3.05) is 19.6 Å². The number of nitrogens with one attached hydrogen (secondary N) is 3. The van der Waals surface area contributed by atoms with Gasteiger partial charge < -0.3 is 42.3 Å². The molecule has 0 fully saturated rings. The Bertz CT molecular complexity index is 918. The minimum atomic E-state index is -1.40. The quantitative estimate of drug-likeness (QED) is 0.0729. The third kappa shape index (κ3) is 6.87. The summed E-state index contributed by atoms with van der Waals surface area (Å²) in [5, 5.41) is 40.6. The van der Waals surface area contributed by atoms with E-state index >= 15 is 0 Å². The number of carboxylic acid groups (broad SMARTS) is 1. The number of phenols is 2. The molecule has 174 valence electrons. The van der Waals surface area contributed by atoms with Crippen LogP contribution >= 0.6 is 0 Å². The Morgan fingerprint density at radius 3 is 2.53 bits per heavy atom. The summed E-state index contributed by atoms with van der Waals surface area (Å²) in [5.41, 5.74) is 12.4. The van der Waals surface area contributed by atoms with Gasteiger partial charge in [-0.1, -0.05) is 17.7 Å². The summed E-state index contributed by atoms with van der Waals surface area (Å²) < 4.78 is 0. The highest BCUT2D eigenvalue weighted by atomic mass is 16.4. The molecular weight excluding hydrogens is 420 g/mol. The van der Waals surface area contributed by atoms with Gasteiger partial charge in [0.05, 0.1) is 6.04 Å². The molecule has 0 saturated carbocycles. The van der Waals surface area contributed by atoms with Gasteiger partial charge in [0, 0.05) is 26.1 Å². The van der Waals surface area contributed by atoms with Crippen molar-refractivity contribution in [3.05, 3.63) is 35.4 Å². The first-order valence-corrected chi connectivity index (χ1v) is 9.92. The van der Waals surface area contributed by atoms with Gasteiger partial charge in [-0.05, 0) is 30.5 Å². The molecule has 2 unspecified atom stereocenters. The predicted octanol–water partition coefficient (Wildman–Crippen LogP) is -0.911. The van der Waals surface area contributed by atoms with Gasteiger partial charge in [0.1, 0.15) is 0 Å². The fourth-order valence-electron chi connectivity index (χ4n) is 3.15. The minimum Gasteiger partial charge on any atom is -0.504 e. The third-order valence-electron chi connectivity index (χ3n) is 4.92. The lowest BCUT2D eigenvalue weighted by molar-refractivity contribution is -0.142. The number of carbonyl (C=O) groups is 3. The van der Waals surface area contributed by atoms with Gasteiger partial charge in [-0.3, -0.25) is 15.0 Å². The van der Waals surface area contributed by atoms with Crippen LogP contribution in [0.2, 0.25) is 0 Å². The Kier molecular flexibility index (Phi) is 8.41. The maximum absolute atomic E-state index is 12.1. The number of carboxylic acids is 1. The van der Waals surface area contributed by atoms with Crippen LogP contribution in [0.5, 0.6) is 11.5 Å². The molecule has 0 radical (unpaired) electrons. The van der Waals surface area contributed by atoms with E-state index in [4.69, 9.17) is 16.9 Å². The van der Waals surface area contributed by atoms with Crippen molar-refractivity contribution in [2.24, 2.45) is 11.5 Å². The molecule has 2 rings (SSSR count). The summed E-state index contributed by atoms with van der Waals surface area (Å²) in [6, 6.07) is 1.30. The molecule has 1 aliphatic rings. The fourth-order valence-corrected chi connectivity index (χ4v) is 3.15. The van der Waals surface area contributed by atoms with E-state index in [0.717, 1.165) is 17.7 Å². The van der Waals surface area contributed by atoms with Crippen LogP contribution in [0.15, 0.2) is 29.8 Å². The van der Waals surface area contributed by atoms with Crippen molar-refractivity contribution < 1.29 is 29.7 Å². The van der Waals surface area contributed by atoms with Crippen molar-refractivity contribution in [1.29, 1.82) is 5.41 Å². The maximum Gasteiger partial charge on any atom is 0.330 e. The molecule has 1 aromatic carbocycles. The van der Waals surface area contributed by atoms with Crippen LogP contribution in [-0.2, 0) is 14.4 Å². The van der Waals surface area contributed by atoms with E-state index in [0.29, 0.717) is 19.5 Å². The first-order chi connectivity index (χ1) is 15.1. The molecule has 1 aromatic rings. The molecule has 1 aliphatic heterocycles. The summed E-state index contributed by atoms with van der Waals surface area (Å²) >= 11 is 0.